The number of hydrogen-bond donors (Lipinski definition) is 2. The van der Waals surface area contributed by atoms with Gasteiger partial charge < -0.3 is 16.0 Å². The van der Waals surface area contributed by atoms with Crippen LogP contribution >= 0.6 is 0 Å². The minimum absolute atomic E-state index is 0.0172. The maximum Gasteiger partial charge on any atom is 0.292 e. The number of nitrogens with two attached hydrogens (primary N) is 1. The lowest BCUT2D eigenvalue weighted by Gasteiger charge is -2.32. The third kappa shape index (κ3) is 3.89. The van der Waals surface area contributed by atoms with Gasteiger partial charge in [-0.05, 0) is 37.7 Å². The fourth-order valence-electron chi connectivity index (χ4n) is 3.16. The van der Waals surface area contributed by atoms with E-state index in [0.29, 0.717) is 25.6 Å². The molecule has 25 heavy (non-hydrogen) atoms. The number of nitrogen functional groups attached to an aromatic ring is 1. The molecule has 0 aromatic heterocycles. The van der Waals surface area contributed by atoms with E-state index in [1.807, 2.05) is 0 Å². The van der Waals surface area contributed by atoms with E-state index < -0.39 is 4.92 Å². The molecule has 3 N–H and O–H groups in total. The molecule has 3 rings (SSSR count). The number of para-hydroxylation sites is 1. The van der Waals surface area contributed by atoms with Crippen molar-refractivity contribution >= 4 is 23.2 Å². The van der Waals surface area contributed by atoms with Crippen molar-refractivity contribution in [3.63, 3.8) is 0 Å². The third-order valence-corrected chi connectivity index (χ3v) is 4.85. The maximum atomic E-state index is 12.7. The molecule has 1 aliphatic heterocycles. The van der Waals surface area contributed by atoms with E-state index in [0.717, 1.165) is 12.8 Å². The van der Waals surface area contributed by atoms with Gasteiger partial charge in [0, 0.05) is 25.7 Å². The number of piperidine rings is 1. The number of nitrogens with one attached hydrogen (secondary N) is 1. The summed E-state index contributed by atoms with van der Waals surface area (Å²) >= 11 is 0. The second kappa shape index (κ2) is 7.08. The summed E-state index contributed by atoms with van der Waals surface area (Å²) in [6.07, 6.45) is 3.80. The zero-order valence-corrected chi connectivity index (χ0v) is 13.9. The van der Waals surface area contributed by atoms with Crippen LogP contribution in [0.4, 0.5) is 11.4 Å². The Labute approximate surface area is 145 Å². The van der Waals surface area contributed by atoms with Crippen LogP contribution in [-0.2, 0) is 4.79 Å². The molecule has 1 saturated carbocycles. The van der Waals surface area contributed by atoms with Gasteiger partial charge in [-0.2, -0.15) is 0 Å². The van der Waals surface area contributed by atoms with E-state index in [2.05, 4.69) is 5.32 Å². The highest BCUT2D eigenvalue weighted by Crippen LogP contribution is 2.29. The zero-order chi connectivity index (χ0) is 18.0. The van der Waals surface area contributed by atoms with E-state index in [-0.39, 0.29) is 34.7 Å². The molecule has 0 unspecified atom stereocenters. The number of rotatable bonds is 5. The molecule has 1 aliphatic carbocycles. The summed E-state index contributed by atoms with van der Waals surface area (Å²) < 4.78 is 0. The molecule has 134 valence electrons. The van der Waals surface area contributed by atoms with Crippen molar-refractivity contribution in [2.24, 2.45) is 11.8 Å². The maximum absolute atomic E-state index is 12.7. The molecular weight excluding hydrogens is 324 g/mol. The zero-order valence-electron chi connectivity index (χ0n) is 13.9. The fourth-order valence-corrected chi connectivity index (χ4v) is 3.16. The van der Waals surface area contributed by atoms with Gasteiger partial charge in [-0.1, -0.05) is 6.07 Å². The van der Waals surface area contributed by atoms with Crippen LogP contribution in [-0.4, -0.2) is 41.3 Å². The van der Waals surface area contributed by atoms with Crippen LogP contribution in [0.15, 0.2) is 18.2 Å². The number of anilines is 1. The Kier molecular flexibility index (Phi) is 4.87. The monoisotopic (exact) mass is 346 g/mol. The minimum atomic E-state index is -0.601. The largest absolute Gasteiger partial charge is 0.393 e. The molecule has 2 fully saturated rings. The second-order valence-electron chi connectivity index (χ2n) is 6.77. The van der Waals surface area contributed by atoms with Gasteiger partial charge >= 0.3 is 0 Å². The Bertz CT molecular complexity index is 702. The normalized spacial score (nSPS) is 20.2. The molecule has 1 saturated heterocycles. The number of nitrogens with zero attached hydrogens (tertiary/aromatic N) is 2. The van der Waals surface area contributed by atoms with E-state index in [4.69, 9.17) is 5.73 Å². The molecule has 2 amide bonds. The fraction of sp³-hybridized carbons (Fsp3) is 0.529. The summed E-state index contributed by atoms with van der Waals surface area (Å²) in [6.45, 7) is 1.55. The summed E-state index contributed by atoms with van der Waals surface area (Å²) in [7, 11) is 0. The highest BCUT2D eigenvalue weighted by Gasteiger charge is 2.31. The lowest BCUT2D eigenvalue weighted by molar-refractivity contribution is -0.383. The summed E-state index contributed by atoms with van der Waals surface area (Å²) in [4.78, 5) is 37.0. The van der Waals surface area contributed by atoms with Gasteiger partial charge in [0.15, 0.2) is 0 Å². The van der Waals surface area contributed by atoms with Crippen molar-refractivity contribution in [1.29, 1.82) is 0 Å². The molecule has 1 heterocycles. The Morgan fingerprint density at radius 1 is 1.32 bits per heavy atom. The Morgan fingerprint density at radius 3 is 2.76 bits per heavy atom. The van der Waals surface area contributed by atoms with Gasteiger partial charge in [-0.25, -0.2) is 0 Å². The van der Waals surface area contributed by atoms with Crippen LogP contribution in [0, 0.1) is 22.0 Å². The van der Waals surface area contributed by atoms with E-state index >= 15 is 0 Å². The van der Waals surface area contributed by atoms with Crippen molar-refractivity contribution in [3.05, 3.63) is 33.9 Å². The van der Waals surface area contributed by atoms with Gasteiger partial charge in [-0.15, -0.1) is 0 Å². The van der Waals surface area contributed by atoms with E-state index in [1.54, 1.807) is 4.90 Å². The highest BCUT2D eigenvalue weighted by molar-refractivity contribution is 6.01. The Hall–Kier alpha value is -2.64. The molecule has 1 atom stereocenters. The molecule has 0 spiro atoms. The number of carbonyl (C=O) groups is 2. The first-order chi connectivity index (χ1) is 12.0. The Balaban J connectivity index is 1.68. The SMILES string of the molecule is Nc1c(C(=O)N2CCC[C@@H](C(=O)NCC3CC3)C2)cccc1[N+](=O)[O-]. The van der Waals surface area contributed by atoms with Gasteiger partial charge in [0.1, 0.15) is 5.69 Å². The van der Waals surface area contributed by atoms with Crippen molar-refractivity contribution in [3.8, 4) is 0 Å². The average molecular weight is 346 g/mol. The first-order valence-electron chi connectivity index (χ1n) is 8.57. The summed E-state index contributed by atoms with van der Waals surface area (Å²) in [5.41, 5.74) is 5.52. The summed E-state index contributed by atoms with van der Waals surface area (Å²) in [5, 5.41) is 14.0. The lowest BCUT2D eigenvalue weighted by Crippen LogP contribution is -2.45. The van der Waals surface area contributed by atoms with Gasteiger partial charge in [-0.3, -0.25) is 19.7 Å². The quantitative estimate of drug-likeness (QED) is 0.476. The molecular formula is C17H22N4O4. The topological polar surface area (TPSA) is 119 Å². The molecule has 1 aromatic carbocycles. The minimum Gasteiger partial charge on any atom is -0.393 e. The predicted molar refractivity (Wildman–Crippen MR) is 91.9 cm³/mol. The number of hydrogen-bond acceptors (Lipinski definition) is 5. The summed E-state index contributed by atoms with van der Waals surface area (Å²) in [5.74, 6) is -0.0105. The standard InChI is InChI=1S/C17H22N4O4/c18-15-13(4-1-5-14(15)21(24)25)17(23)20-8-2-3-12(10-20)16(22)19-9-11-6-7-11/h1,4-5,11-12H,2-3,6-10,18H2,(H,19,22)/t12-/m1/s1. The predicted octanol–water partition coefficient (Wildman–Crippen LogP) is 1.56. The first kappa shape index (κ1) is 17.2. The molecule has 0 bridgehead atoms. The first-order valence-corrected chi connectivity index (χ1v) is 8.57. The smallest absolute Gasteiger partial charge is 0.292 e. The average Bonchev–Trinajstić information content (AvgIpc) is 3.43. The highest BCUT2D eigenvalue weighted by atomic mass is 16.6. The molecule has 8 heteroatoms. The molecule has 0 radical (unpaired) electrons. The number of carbonyl (C=O) groups excluding carboxylic acids is 2. The van der Waals surface area contributed by atoms with Crippen LogP contribution in [0.1, 0.15) is 36.0 Å². The van der Waals surface area contributed by atoms with Crippen molar-refractivity contribution in [2.75, 3.05) is 25.4 Å². The van der Waals surface area contributed by atoms with Crippen LogP contribution < -0.4 is 11.1 Å². The third-order valence-electron chi connectivity index (χ3n) is 4.85. The van der Waals surface area contributed by atoms with Crippen molar-refractivity contribution in [2.45, 2.75) is 25.7 Å². The van der Waals surface area contributed by atoms with Gasteiger partial charge in [0.05, 0.1) is 16.4 Å². The Morgan fingerprint density at radius 2 is 2.08 bits per heavy atom. The van der Waals surface area contributed by atoms with Gasteiger partial charge in [0.2, 0.25) is 5.91 Å². The second-order valence-corrected chi connectivity index (χ2v) is 6.77. The molecule has 8 nitrogen and oxygen atoms in total. The van der Waals surface area contributed by atoms with E-state index in [1.165, 1.54) is 31.0 Å². The van der Waals surface area contributed by atoms with Crippen LogP contribution in [0.3, 0.4) is 0 Å². The van der Waals surface area contributed by atoms with Crippen LogP contribution in [0.25, 0.3) is 0 Å². The number of amides is 2. The van der Waals surface area contributed by atoms with Crippen molar-refractivity contribution < 1.29 is 14.5 Å². The van der Waals surface area contributed by atoms with Crippen LogP contribution in [0.2, 0.25) is 0 Å². The number of benzene rings is 1. The van der Waals surface area contributed by atoms with Crippen molar-refractivity contribution in [1.82, 2.24) is 10.2 Å². The lowest BCUT2D eigenvalue weighted by atomic mass is 9.96. The summed E-state index contributed by atoms with van der Waals surface area (Å²) in [6, 6.07) is 4.21. The van der Waals surface area contributed by atoms with Gasteiger partial charge in [0.25, 0.3) is 11.6 Å². The molecule has 2 aliphatic rings. The number of nitro benzene ring substituents is 1. The van der Waals surface area contributed by atoms with E-state index in [9.17, 15) is 19.7 Å². The van der Waals surface area contributed by atoms with Crippen LogP contribution in [0.5, 0.6) is 0 Å². The molecule has 1 aromatic rings. The number of nitro groups is 1. The number of likely N-dealkylation sites (tertiary alicyclic amines) is 1.